The quantitative estimate of drug-likeness (QED) is 0.588. The highest BCUT2D eigenvalue weighted by Gasteiger charge is 2.27. The number of urea groups is 1. The summed E-state index contributed by atoms with van der Waals surface area (Å²) in [5.41, 5.74) is 0.453. The first-order valence-corrected chi connectivity index (χ1v) is 11.9. The van der Waals surface area contributed by atoms with Gasteiger partial charge in [0.15, 0.2) is 0 Å². The Morgan fingerprint density at radius 1 is 1.22 bits per heavy atom. The lowest BCUT2D eigenvalue weighted by Crippen LogP contribution is -2.44. The summed E-state index contributed by atoms with van der Waals surface area (Å²) in [5.74, 6) is -0.805. The predicted octanol–water partition coefficient (Wildman–Crippen LogP) is 3.06. The minimum atomic E-state index is -3.72. The van der Waals surface area contributed by atoms with Crippen LogP contribution in [0.2, 0.25) is 5.02 Å². The third kappa shape index (κ3) is 5.96. The molecule has 1 aliphatic heterocycles. The molecule has 8 nitrogen and oxygen atoms in total. The number of sulfonamides is 1. The van der Waals surface area contributed by atoms with Crippen LogP contribution in [0, 0.1) is 11.7 Å². The second kappa shape index (κ2) is 10.3. The standard InChI is InChI=1S/C21H24ClFN4O4S/c1-24-32(30,31)17-7-8-19(22)18(11-17)20(28)27-9-3-4-14(13-27)12-25-21(29)26-16-6-2-5-15(23)10-16/h2,5-8,10-11,14,24H,3-4,9,12-13H2,1H3,(H2,25,26,29). The van der Waals surface area contributed by atoms with Crippen LogP contribution in [-0.4, -0.2) is 51.9 Å². The van der Waals surface area contributed by atoms with Crippen LogP contribution in [-0.2, 0) is 10.0 Å². The summed E-state index contributed by atoms with van der Waals surface area (Å²) in [5, 5.41) is 5.47. The van der Waals surface area contributed by atoms with E-state index in [2.05, 4.69) is 15.4 Å². The first-order chi connectivity index (χ1) is 15.2. The monoisotopic (exact) mass is 482 g/mol. The van der Waals surface area contributed by atoms with Crippen molar-refractivity contribution >= 4 is 39.2 Å². The Hall–Kier alpha value is -2.69. The van der Waals surface area contributed by atoms with E-state index >= 15 is 0 Å². The molecule has 3 amide bonds. The van der Waals surface area contributed by atoms with E-state index in [0.717, 1.165) is 12.8 Å². The average molecular weight is 483 g/mol. The Labute approximate surface area is 191 Å². The summed E-state index contributed by atoms with van der Waals surface area (Å²) in [7, 11) is -2.43. The number of nitrogens with zero attached hydrogens (tertiary/aromatic N) is 1. The molecule has 1 unspecified atom stereocenters. The zero-order valence-corrected chi connectivity index (χ0v) is 19.0. The third-order valence-electron chi connectivity index (χ3n) is 5.19. The molecular weight excluding hydrogens is 459 g/mol. The van der Waals surface area contributed by atoms with Crippen LogP contribution in [0.25, 0.3) is 0 Å². The second-order valence-electron chi connectivity index (χ2n) is 7.45. The van der Waals surface area contributed by atoms with Crippen molar-refractivity contribution in [1.29, 1.82) is 0 Å². The number of hydrogen-bond acceptors (Lipinski definition) is 4. The van der Waals surface area contributed by atoms with Crippen LogP contribution in [0.5, 0.6) is 0 Å². The summed E-state index contributed by atoms with van der Waals surface area (Å²) in [6.07, 6.45) is 1.54. The molecule has 1 atom stereocenters. The number of nitrogens with one attached hydrogen (secondary N) is 3. The van der Waals surface area contributed by atoms with Crippen molar-refractivity contribution in [2.45, 2.75) is 17.7 Å². The van der Waals surface area contributed by atoms with Gasteiger partial charge in [-0.2, -0.15) is 0 Å². The lowest BCUT2D eigenvalue weighted by molar-refractivity contribution is 0.0675. The fourth-order valence-corrected chi connectivity index (χ4v) is 4.47. The first kappa shape index (κ1) is 24.0. The van der Waals surface area contributed by atoms with Crippen molar-refractivity contribution in [3.05, 3.63) is 58.9 Å². The van der Waals surface area contributed by atoms with Crippen molar-refractivity contribution in [2.24, 2.45) is 5.92 Å². The minimum absolute atomic E-state index is 0.00830. The molecule has 0 aromatic heterocycles. The minimum Gasteiger partial charge on any atom is -0.338 e. The number of carbonyl (C=O) groups is 2. The number of rotatable bonds is 6. The topological polar surface area (TPSA) is 108 Å². The maximum atomic E-state index is 13.2. The van der Waals surface area contributed by atoms with E-state index in [4.69, 9.17) is 11.6 Å². The van der Waals surface area contributed by atoms with Gasteiger partial charge in [-0.25, -0.2) is 22.3 Å². The number of amides is 3. The molecule has 1 fully saturated rings. The second-order valence-corrected chi connectivity index (χ2v) is 9.75. The predicted molar refractivity (Wildman–Crippen MR) is 120 cm³/mol. The van der Waals surface area contributed by atoms with Crippen LogP contribution < -0.4 is 15.4 Å². The molecular formula is C21H24ClFN4O4S. The van der Waals surface area contributed by atoms with Gasteiger partial charge in [0, 0.05) is 25.3 Å². The number of anilines is 1. The molecule has 0 bridgehead atoms. The molecule has 2 aromatic rings. The highest BCUT2D eigenvalue weighted by molar-refractivity contribution is 7.89. The van der Waals surface area contributed by atoms with Crippen LogP contribution >= 0.6 is 11.6 Å². The highest BCUT2D eigenvalue weighted by Crippen LogP contribution is 2.25. The molecule has 1 aliphatic rings. The van der Waals surface area contributed by atoms with Crippen molar-refractivity contribution in [3.8, 4) is 0 Å². The maximum absolute atomic E-state index is 13.2. The Balaban J connectivity index is 1.61. The zero-order valence-electron chi connectivity index (χ0n) is 17.4. The fraction of sp³-hybridized carbons (Fsp3) is 0.333. The Morgan fingerprint density at radius 2 is 2.00 bits per heavy atom. The number of halogens is 2. The van der Waals surface area contributed by atoms with Gasteiger partial charge >= 0.3 is 6.03 Å². The Morgan fingerprint density at radius 3 is 2.72 bits per heavy atom. The molecule has 1 saturated heterocycles. The number of piperidine rings is 1. The largest absolute Gasteiger partial charge is 0.338 e. The first-order valence-electron chi connectivity index (χ1n) is 10.0. The van der Waals surface area contributed by atoms with E-state index in [9.17, 15) is 22.4 Å². The number of carbonyl (C=O) groups excluding carboxylic acids is 2. The van der Waals surface area contributed by atoms with Crippen LogP contribution in [0.1, 0.15) is 23.2 Å². The van der Waals surface area contributed by atoms with Crippen LogP contribution in [0.4, 0.5) is 14.9 Å². The van der Waals surface area contributed by atoms with Gasteiger partial charge in [-0.3, -0.25) is 4.79 Å². The van der Waals surface area contributed by atoms with Crippen LogP contribution in [0.15, 0.2) is 47.4 Å². The number of hydrogen-bond donors (Lipinski definition) is 3. The average Bonchev–Trinajstić information content (AvgIpc) is 2.77. The van der Waals surface area contributed by atoms with Gasteiger partial charge in [0.1, 0.15) is 5.82 Å². The van der Waals surface area contributed by atoms with E-state index in [0.29, 0.717) is 25.3 Å². The van der Waals surface area contributed by atoms with Gasteiger partial charge in [-0.05, 0) is 62.2 Å². The van der Waals surface area contributed by atoms with Crippen LogP contribution in [0.3, 0.4) is 0 Å². The van der Waals surface area contributed by atoms with Crippen molar-refractivity contribution in [1.82, 2.24) is 14.9 Å². The summed E-state index contributed by atoms with van der Waals surface area (Å²) in [4.78, 5) is 26.7. The molecule has 0 spiro atoms. The molecule has 0 saturated carbocycles. The van der Waals surface area contributed by atoms with E-state index in [1.165, 1.54) is 43.4 Å². The van der Waals surface area contributed by atoms with E-state index in [1.54, 1.807) is 11.0 Å². The molecule has 0 aliphatic carbocycles. The Kier molecular flexibility index (Phi) is 7.70. The molecule has 172 valence electrons. The summed E-state index contributed by atoms with van der Waals surface area (Å²) >= 11 is 6.18. The molecule has 3 N–H and O–H groups in total. The molecule has 11 heteroatoms. The molecule has 2 aromatic carbocycles. The molecule has 32 heavy (non-hydrogen) atoms. The third-order valence-corrected chi connectivity index (χ3v) is 6.93. The SMILES string of the molecule is CNS(=O)(=O)c1ccc(Cl)c(C(=O)N2CCCC(CNC(=O)Nc3cccc(F)c3)C2)c1. The van der Waals surface area contributed by atoms with Gasteiger partial charge in [0.05, 0.1) is 15.5 Å². The summed E-state index contributed by atoms with van der Waals surface area (Å²) < 4.78 is 39.6. The normalized spacial score (nSPS) is 16.5. The zero-order chi connectivity index (χ0) is 23.3. The molecule has 0 radical (unpaired) electrons. The van der Waals surface area contributed by atoms with Gasteiger partial charge in [-0.1, -0.05) is 17.7 Å². The lowest BCUT2D eigenvalue weighted by Gasteiger charge is -2.33. The maximum Gasteiger partial charge on any atom is 0.319 e. The Bertz CT molecular complexity index is 1110. The number of likely N-dealkylation sites (tertiary alicyclic amines) is 1. The van der Waals surface area contributed by atoms with E-state index in [1.807, 2.05) is 0 Å². The summed E-state index contributed by atoms with van der Waals surface area (Å²) in [6.45, 7) is 1.22. The van der Waals surface area contributed by atoms with Crippen molar-refractivity contribution in [2.75, 3.05) is 32.0 Å². The van der Waals surface area contributed by atoms with Gasteiger partial charge in [0.2, 0.25) is 10.0 Å². The molecule has 1 heterocycles. The molecule has 3 rings (SSSR count). The highest BCUT2D eigenvalue weighted by atomic mass is 35.5. The van der Waals surface area contributed by atoms with Gasteiger partial charge in [-0.15, -0.1) is 0 Å². The summed E-state index contributed by atoms with van der Waals surface area (Å²) in [6, 6.07) is 9.11. The van der Waals surface area contributed by atoms with Gasteiger partial charge < -0.3 is 15.5 Å². The van der Waals surface area contributed by atoms with Crippen molar-refractivity contribution in [3.63, 3.8) is 0 Å². The van der Waals surface area contributed by atoms with E-state index in [-0.39, 0.29) is 27.3 Å². The number of benzene rings is 2. The van der Waals surface area contributed by atoms with Crippen molar-refractivity contribution < 1.29 is 22.4 Å². The lowest BCUT2D eigenvalue weighted by atomic mass is 9.97. The van der Waals surface area contributed by atoms with Gasteiger partial charge in [0.25, 0.3) is 5.91 Å². The fourth-order valence-electron chi connectivity index (χ4n) is 3.52. The smallest absolute Gasteiger partial charge is 0.319 e. The van der Waals surface area contributed by atoms with E-state index < -0.39 is 21.9 Å².